The lowest BCUT2D eigenvalue weighted by molar-refractivity contribution is -0.00518. The molecule has 4 fully saturated rings. The second-order valence-electron chi connectivity index (χ2n) is 18.1. The molecule has 0 unspecified atom stereocenters. The molecule has 0 atom stereocenters. The van der Waals surface area contributed by atoms with E-state index in [1.54, 1.807) is 5.56 Å². The van der Waals surface area contributed by atoms with E-state index in [4.69, 9.17) is 21.5 Å². The maximum absolute atomic E-state index is 7.55. The van der Waals surface area contributed by atoms with Crippen LogP contribution in [0.3, 0.4) is 0 Å². The molecule has 5 aliphatic carbocycles. The molecule has 292 valence electrons. The van der Waals surface area contributed by atoms with Gasteiger partial charge in [-0.1, -0.05) is 176 Å². The van der Waals surface area contributed by atoms with Crippen LogP contribution in [0.5, 0.6) is 0 Å². The van der Waals surface area contributed by atoms with Gasteiger partial charge in [0.25, 0.3) is 0 Å². The number of aromatic nitrogens is 3. The Labute approximate surface area is 357 Å². The van der Waals surface area contributed by atoms with E-state index in [0.29, 0.717) is 28.6 Å². The van der Waals surface area contributed by atoms with Crippen LogP contribution in [0, 0.1) is 24.3 Å². The summed E-state index contributed by atoms with van der Waals surface area (Å²) in [6.45, 7) is 7.55. The van der Waals surface area contributed by atoms with Crippen LogP contribution in [0.15, 0.2) is 176 Å². The fraction of sp³-hybridized carbons (Fsp3) is 0.193. The lowest BCUT2D eigenvalue weighted by Crippen LogP contribution is -2.48. The van der Waals surface area contributed by atoms with Crippen LogP contribution in [0.2, 0.25) is 0 Å². The van der Waals surface area contributed by atoms with Crippen LogP contribution >= 0.6 is 0 Å². The van der Waals surface area contributed by atoms with Crippen molar-refractivity contribution >= 4 is 5.69 Å². The molecular formula is C57H44N4. The summed E-state index contributed by atoms with van der Waals surface area (Å²) in [5, 5.41) is 0. The van der Waals surface area contributed by atoms with Gasteiger partial charge < -0.3 is 0 Å². The molecule has 0 spiro atoms. The predicted octanol–water partition coefficient (Wildman–Crippen LogP) is 13.9. The molecule has 61 heavy (non-hydrogen) atoms. The third-order valence-electron chi connectivity index (χ3n) is 14.6. The van der Waals surface area contributed by atoms with Crippen LogP contribution in [0.1, 0.15) is 66.3 Å². The minimum Gasteiger partial charge on any atom is -0.238 e. The fourth-order valence-corrected chi connectivity index (χ4v) is 12.4. The van der Waals surface area contributed by atoms with E-state index < -0.39 is 5.41 Å². The van der Waals surface area contributed by atoms with Crippen molar-refractivity contribution in [2.45, 2.75) is 49.4 Å². The summed E-state index contributed by atoms with van der Waals surface area (Å²) in [5.41, 5.74) is 14.3. The minimum absolute atomic E-state index is 0.396. The van der Waals surface area contributed by atoms with Crippen molar-refractivity contribution in [1.29, 1.82) is 0 Å². The van der Waals surface area contributed by atoms with Gasteiger partial charge in [0.15, 0.2) is 23.2 Å². The monoisotopic (exact) mass is 784 g/mol. The first-order chi connectivity index (χ1) is 30.1. The number of hydrogen-bond donors (Lipinski definition) is 0. The largest absolute Gasteiger partial charge is 0.238 e. The van der Waals surface area contributed by atoms with Crippen molar-refractivity contribution in [2.75, 3.05) is 0 Å². The Kier molecular flexibility index (Phi) is 8.29. The molecule has 0 amide bonds. The lowest BCUT2D eigenvalue weighted by Gasteiger charge is -2.57. The highest BCUT2D eigenvalue weighted by Crippen LogP contribution is 2.61. The predicted molar refractivity (Wildman–Crippen MR) is 245 cm³/mol. The molecule has 5 aliphatic rings. The van der Waals surface area contributed by atoms with Gasteiger partial charge >= 0.3 is 0 Å². The molecule has 1 heterocycles. The van der Waals surface area contributed by atoms with Crippen molar-refractivity contribution in [3.8, 4) is 56.4 Å². The molecule has 0 aliphatic heterocycles. The second kappa shape index (κ2) is 14.1. The van der Waals surface area contributed by atoms with E-state index in [0.717, 1.165) is 40.0 Å². The maximum atomic E-state index is 7.55. The molecule has 13 rings (SSSR count). The first-order valence-electron chi connectivity index (χ1n) is 21.9. The Morgan fingerprint density at radius 2 is 0.869 bits per heavy atom. The quantitative estimate of drug-likeness (QED) is 0.151. The summed E-state index contributed by atoms with van der Waals surface area (Å²) in [7, 11) is 0. The van der Waals surface area contributed by atoms with Gasteiger partial charge in [-0.3, -0.25) is 0 Å². The zero-order valence-corrected chi connectivity index (χ0v) is 34.0. The number of fused-ring (bicyclic) bond motifs is 3. The van der Waals surface area contributed by atoms with E-state index in [2.05, 4.69) is 157 Å². The molecule has 4 nitrogen and oxygen atoms in total. The van der Waals surface area contributed by atoms with E-state index >= 15 is 0 Å². The average Bonchev–Trinajstić information content (AvgIpc) is 3.63. The topological polar surface area (TPSA) is 43.0 Å². The number of nitrogens with zero attached hydrogens (tertiary/aromatic N) is 4. The number of benzene rings is 7. The van der Waals surface area contributed by atoms with Gasteiger partial charge in [0.2, 0.25) is 0 Å². The Morgan fingerprint density at radius 3 is 1.44 bits per heavy atom. The summed E-state index contributed by atoms with van der Waals surface area (Å²) < 4.78 is 0. The van der Waals surface area contributed by atoms with Crippen LogP contribution in [0.4, 0.5) is 5.69 Å². The average molecular weight is 785 g/mol. The van der Waals surface area contributed by atoms with Crippen molar-refractivity contribution in [1.82, 2.24) is 15.0 Å². The highest BCUT2D eigenvalue weighted by atomic mass is 15.0. The Balaban J connectivity index is 0.973. The first-order valence-corrected chi connectivity index (χ1v) is 21.9. The van der Waals surface area contributed by atoms with Gasteiger partial charge in [-0.15, -0.1) is 0 Å². The zero-order valence-electron chi connectivity index (χ0n) is 34.0. The van der Waals surface area contributed by atoms with Gasteiger partial charge in [0.05, 0.1) is 12.0 Å². The first kappa shape index (κ1) is 35.9. The van der Waals surface area contributed by atoms with Crippen molar-refractivity contribution in [3.05, 3.63) is 215 Å². The van der Waals surface area contributed by atoms with Gasteiger partial charge in [-0.2, -0.15) is 0 Å². The highest BCUT2D eigenvalue weighted by molar-refractivity contribution is 5.94. The Hall–Kier alpha value is -6.96. The molecule has 8 aromatic rings. The Morgan fingerprint density at radius 1 is 0.410 bits per heavy atom. The van der Waals surface area contributed by atoms with E-state index in [1.807, 2.05) is 24.3 Å². The molecule has 0 N–H and O–H groups in total. The Bertz CT molecular complexity index is 2910. The number of hydrogen-bond acceptors (Lipinski definition) is 3. The normalized spacial score (nSPS) is 21.4. The fourth-order valence-electron chi connectivity index (χ4n) is 12.4. The third kappa shape index (κ3) is 5.75. The third-order valence-corrected chi connectivity index (χ3v) is 14.6. The summed E-state index contributed by atoms with van der Waals surface area (Å²) in [6, 6.07) is 62.9. The molecule has 4 heteroatoms. The molecule has 1 aromatic heterocycles. The van der Waals surface area contributed by atoms with Gasteiger partial charge in [-0.25, -0.2) is 19.8 Å². The smallest absolute Gasteiger partial charge is 0.187 e. The standard InChI is InChI=1S/C57H44N4/c1-58-47-29-25-43(26-30-47)54-59-53(42-21-19-40(20-22-42)41-23-27-44(28-24-41)56-34-37-31-38(35-56)33-39(32-37)36-56)60-55(61-54)49-16-10-18-51-52(49)48-15-8-9-17-50(48)57(51,45-11-4-2-5-12-45)46-13-6-3-7-14-46/h2-30,37-39H,31-36H2. The van der Waals surface area contributed by atoms with Crippen molar-refractivity contribution in [3.63, 3.8) is 0 Å². The second-order valence-corrected chi connectivity index (χ2v) is 18.1. The molecule has 4 bridgehead atoms. The number of rotatable bonds is 7. The minimum atomic E-state index is -0.540. The molecule has 4 saturated carbocycles. The summed E-state index contributed by atoms with van der Waals surface area (Å²) in [5.74, 6) is 4.60. The van der Waals surface area contributed by atoms with E-state index in [9.17, 15) is 0 Å². The van der Waals surface area contributed by atoms with E-state index in [-0.39, 0.29) is 0 Å². The van der Waals surface area contributed by atoms with E-state index in [1.165, 1.54) is 77.5 Å². The van der Waals surface area contributed by atoms with Crippen LogP contribution in [-0.4, -0.2) is 15.0 Å². The summed E-state index contributed by atoms with van der Waals surface area (Å²) in [6.07, 6.45) is 8.54. The van der Waals surface area contributed by atoms with Crippen LogP contribution in [0.25, 0.3) is 61.3 Å². The van der Waals surface area contributed by atoms with Crippen molar-refractivity contribution in [2.24, 2.45) is 17.8 Å². The van der Waals surface area contributed by atoms with Gasteiger partial charge in [-0.05, 0) is 112 Å². The highest BCUT2D eigenvalue weighted by Gasteiger charge is 2.51. The molecular weight excluding hydrogens is 741 g/mol. The molecule has 0 saturated heterocycles. The van der Waals surface area contributed by atoms with Gasteiger partial charge in [0, 0.05) is 16.7 Å². The molecule has 7 aromatic carbocycles. The summed E-state index contributed by atoms with van der Waals surface area (Å²) in [4.78, 5) is 19.3. The van der Waals surface area contributed by atoms with Gasteiger partial charge in [0.1, 0.15) is 0 Å². The van der Waals surface area contributed by atoms with Crippen LogP contribution in [-0.2, 0) is 10.8 Å². The zero-order chi connectivity index (χ0) is 40.5. The maximum Gasteiger partial charge on any atom is 0.187 e. The van der Waals surface area contributed by atoms with Crippen molar-refractivity contribution < 1.29 is 0 Å². The molecule has 0 radical (unpaired) electrons. The SMILES string of the molecule is [C-]#[N+]c1ccc(-c2nc(-c3ccc(-c4ccc(C56CC7CC(CC(C7)C5)C6)cc4)cc3)nc(-c3cccc4c3-c3ccccc3C4(c3ccccc3)c3ccccc3)n2)cc1. The van der Waals surface area contributed by atoms with Crippen LogP contribution < -0.4 is 0 Å². The summed E-state index contributed by atoms with van der Waals surface area (Å²) >= 11 is 0. The lowest BCUT2D eigenvalue weighted by atomic mass is 9.48.